The Kier molecular flexibility index (Phi) is 3.63. The van der Waals surface area contributed by atoms with Gasteiger partial charge in [-0.3, -0.25) is 0 Å². The first-order valence-electron chi connectivity index (χ1n) is 4.08. The van der Waals surface area contributed by atoms with Crippen molar-refractivity contribution in [2.75, 3.05) is 12.9 Å². The number of hydrogen-bond acceptors (Lipinski definition) is 2. The molecule has 0 aromatic heterocycles. The Hall–Kier alpha value is -0.470. The predicted molar refractivity (Wildman–Crippen MR) is 55.7 cm³/mol. The lowest BCUT2D eigenvalue weighted by Crippen LogP contribution is -2.03. The van der Waals surface area contributed by atoms with E-state index in [1.165, 1.54) is 16.0 Å². The minimum absolute atomic E-state index is 0.976. The zero-order chi connectivity index (χ0) is 8.97. The summed E-state index contributed by atoms with van der Waals surface area (Å²) in [5, 5.41) is 3.12. The second-order valence-electron chi connectivity index (χ2n) is 2.91. The van der Waals surface area contributed by atoms with Gasteiger partial charge in [0.05, 0.1) is 0 Å². The number of nitrogens with one attached hydrogen (secondary N) is 1. The molecule has 0 bridgehead atoms. The Labute approximate surface area is 78.6 Å². The van der Waals surface area contributed by atoms with Gasteiger partial charge in [0.2, 0.25) is 0 Å². The molecule has 0 heterocycles. The molecule has 0 radical (unpaired) electrons. The van der Waals surface area contributed by atoms with Crippen molar-refractivity contribution in [1.29, 1.82) is 0 Å². The molecule has 66 valence electrons. The van der Waals surface area contributed by atoms with E-state index >= 15 is 0 Å². The lowest BCUT2D eigenvalue weighted by molar-refractivity contribution is 0.981. The van der Waals surface area contributed by atoms with Crippen LogP contribution in [0.5, 0.6) is 0 Å². The average molecular weight is 181 g/mol. The molecule has 0 aliphatic heterocycles. The molecule has 0 amide bonds. The summed E-state index contributed by atoms with van der Waals surface area (Å²) in [6, 6.07) is 6.57. The van der Waals surface area contributed by atoms with E-state index < -0.39 is 0 Å². The van der Waals surface area contributed by atoms with Crippen molar-refractivity contribution in [3.8, 4) is 0 Å². The molecule has 1 nitrogen and oxygen atoms in total. The van der Waals surface area contributed by atoms with Crippen LogP contribution in [0.4, 0.5) is 0 Å². The largest absolute Gasteiger partial charge is 0.311 e. The minimum atomic E-state index is 0.976. The number of rotatable bonds is 3. The number of aryl methyl sites for hydroxylation is 2. The quantitative estimate of drug-likeness (QED) is 0.568. The van der Waals surface area contributed by atoms with Gasteiger partial charge in [-0.25, -0.2) is 0 Å². The first-order valence-corrected chi connectivity index (χ1v) is 5.07. The summed E-state index contributed by atoms with van der Waals surface area (Å²) in [4.78, 5) is 1.37. The molecule has 0 saturated carbocycles. The molecule has 0 spiro atoms. The smallest absolute Gasteiger partial charge is 0.0463 e. The zero-order valence-electron chi connectivity index (χ0n) is 7.85. The van der Waals surface area contributed by atoms with Crippen molar-refractivity contribution >= 4 is 11.8 Å². The summed E-state index contributed by atoms with van der Waals surface area (Å²) in [6.45, 7) is 4.28. The molecule has 0 saturated heterocycles. The maximum atomic E-state index is 3.12. The highest BCUT2D eigenvalue weighted by Crippen LogP contribution is 2.21. The molecule has 1 rings (SSSR count). The van der Waals surface area contributed by atoms with Crippen LogP contribution in [-0.2, 0) is 0 Å². The molecular formula is C10H15NS. The van der Waals surface area contributed by atoms with Crippen LogP contribution < -0.4 is 5.32 Å². The van der Waals surface area contributed by atoms with Crippen LogP contribution in [0.25, 0.3) is 0 Å². The lowest BCUT2D eigenvalue weighted by atomic mass is 10.2. The highest BCUT2D eigenvalue weighted by atomic mass is 32.2. The van der Waals surface area contributed by atoms with Crippen LogP contribution in [0, 0.1) is 13.8 Å². The second-order valence-corrected chi connectivity index (χ2v) is 3.93. The van der Waals surface area contributed by atoms with Gasteiger partial charge in [0.25, 0.3) is 0 Å². The van der Waals surface area contributed by atoms with Gasteiger partial charge in [0.15, 0.2) is 0 Å². The van der Waals surface area contributed by atoms with Gasteiger partial charge in [0, 0.05) is 10.8 Å². The van der Waals surface area contributed by atoms with Crippen molar-refractivity contribution in [3.05, 3.63) is 29.3 Å². The van der Waals surface area contributed by atoms with E-state index in [0.29, 0.717) is 0 Å². The summed E-state index contributed by atoms with van der Waals surface area (Å²) in [5.41, 5.74) is 2.71. The topological polar surface area (TPSA) is 12.0 Å². The molecule has 0 fully saturated rings. The normalized spacial score (nSPS) is 10.2. The molecule has 12 heavy (non-hydrogen) atoms. The van der Waals surface area contributed by atoms with E-state index in [-0.39, 0.29) is 0 Å². The average Bonchev–Trinajstić information content (AvgIpc) is 2.03. The van der Waals surface area contributed by atoms with Crippen LogP contribution in [0.2, 0.25) is 0 Å². The van der Waals surface area contributed by atoms with E-state index in [4.69, 9.17) is 0 Å². The summed E-state index contributed by atoms with van der Waals surface area (Å²) in [6.07, 6.45) is 0. The summed E-state index contributed by atoms with van der Waals surface area (Å²) in [5.74, 6) is 0.976. The molecule has 1 aromatic rings. The second kappa shape index (κ2) is 4.53. The van der Waals surface area contributed by atoms with Crippen LogP contribution in [-0.4, -0.2) is 12.9 Å². The standard InChI is InChI=1S/C10H15NS/c1-8-4-5-10(9(2)6-8)12-7-11-3/h4-6,11H,7H2,1-3H3. The summed E-state index contributed by atoms with van der Waals surface area (Å²) < 4.78 is 0. The first kappa shape index (κ1) is 9.62. The van der Waals surface area contributed by atoms with Gasteiger partial charge in [-0.1, -0.05) is 17.7 Å². The molecule has 0 unspecified atom stereocenters. The summed E-state index contributed by atoms with van der Waals surface area (Å²) >= 11 is 1.84. The zero-order valence-corrected chi connectivity index (χ0v) is 8.66. The number of benzene rings is 1. The monoisotopic (exact) mass is 181 g/mol. The fraction of sp³-hybridized carbons (Fsp3) is 0.400. The van der Waals surface area contributed by atoms with Crippen LogP contribution >= 0.6 is 11.8 Å². The third-order valence-corrected chi connectivity index (χ3v) is 2.90. The molecule has 0 atom stereocenters. The molecule has 0 aliphatic rings. The maximum Gasteiger partial charge on any atom is 0.0463 e. The molecule has 1 N–H and O–H groups in total. The fourth-order valence-electron chi connectivity index (χ4n) is 1.11. The Morgan fingerprint density at radius 2 is 2.08 bits per heavy atom. The van der Waals surface area contributed by atoms with Crippen LogP contribution in [0.3, 0.4) is 0 Å². The third kappa shape index (κ3) is 2.54. The van der Waals surface area contributed by atoms with E-state index in [1.807, 2.05) is 18.8 Å². The van der Waals surface area contributed by atoms with Crippen LogP contribution in [0.15, 0.2) is 23.1 Å². The maximum absolute atomic E-state index is 3.12. The molecular weight excluding hydrogens is 166 g/mol. The van der Waals surface area contributed by atoms with E-state index in [9.17, 15) is 0 Å². The lowest BCUT2D eigenvalue weighted by Gasteiger charge is -2.05. The fourth-order valence-corrected chi connectivity index (χ4v) is 1.86. The summed E-state index contributed by atoms with van der Waals surface area (Å²) in [7, 11) is 1.97. The Morgan fingerprint density at radius 1 is 1.33 bits per heavy atom. The number of hydrogen-bond donors (Lipinski definition) is 1. The van der Waals surface area contributed by atoms with E-state index in [0.717, 1.165) is 5.88 Å². The predicted octanol–water partition coefficient (Wildman–Crippen LogP) is 2.57. The Bertz CT molecular complexity index is 258. The number of thioether (sulfide) groups is 1. The SMILES string of the molecule is CNCSc1ccc(C)cc1C. The highest BCUT2D eigenvalue weighted by Gasteiger charge is 1.97. The van der Waals surface area contributed by atoms with Gasteiger partial charge in [-0.05, 0) is 32.5 Å². The molecule has 0 aliphatic carbocycles. The Morgan fingerprint density at radius 3 is 2.67 bits per heavy atom. The van der Waals surface area contributed by atoms with Crippen molar-refractivity contribution in [2.24, 2.45) is 0 Å². The van der Waals surface area contributed by atoms with Gasteiger partial charge in [-0.15, -0.1) is 11.8 Å². The van der Waals surface area contributed by atoms with Crippen molar-refractivity contribution in [1.82, 2.24) is 5.32 Å². The highest BCUT2D eigenvalue weighted by molar-refractivity contribution is 7.99. The van der Waals surface area contributed by atoms with Crippen molar-refractivity contribution < 1.29 is 0 Å². The van der Waals surface area contributed by atoms with Gasteiger partial charge in [0.1, 0.15) is 0 Å². The Balaban J connectivity index is 2.72. The van der Waals surface area contributed by atoms with Crippen LogP contribution in [0.1, 0.15) is 11.1 Å². The van der Waals surface area contributed by atoms with Gasteiger partial charge in [-0.2, -0.15) is 0 Å². The van der Waals surface area contributed by atoms with Gasteiger partial charge >= 0.3 is 0 Å². The first-order chi connectivity index (χ1) is 5.74. The van der Waals surface area contributed by atoms with Crippen molar-refractivity contribution in [2.45, 2.75) is 18.7 Å². The molecule has 1 aromatic carbocycles. The van der Waals surface area contributed by atoms with Crippen molar-refractivity contribution in [3.63, 3.8) is 0 Å². The minimum Gasteiger partial charge on any atom is -0.311 e. The van der Waals surface area contributed by atoms with E-state index in [1.54, 1.807) is 0 Å². The van der Waals surface area contributed by atoms with Gasteiger partial charge < -0.3 is 5.32 Å². The molecule has 2 heteroatoms. The van der Waals surface area contributed by atoms with E-state index in [2.05, 4.69) is 37.4 Å². The third-order valence-electron chi connectivity index (χ3n) is 1.70.